The molecular weight excluding hydrogens is 330 g/mol. The molecule has 3 aromatic heterocycles. The Morgan fingerprint density at radius 2 is 1.15 bits per heavy atom. The van der Waals surface area contributed by atoms with Crippen LogP contribution in [0.25, 0.3) is 22.8 Å². The van der Waals surface area contributed by atoms with E-state index in [0.29, 0.717) is 0 Å². The first kappa shape index (κ1) is 16.7. The van der Waals surface area contributed by atoms with E-state index in [1.165, 1.54) is 5.56 Å². The first-order chi connectivity index (χ1) is 13.3. The molecule has 3 nitrogen and oxygen atoms in total. The van der Waals surface area contributed by atoms with E-state index >= 15 is 0 Å². The maximum absolute atomic E-state index is 4.75. The van der Waals surface area contributed by atoms with Crippen molar-refractivity contribution in [2.24, 2.45) is 0 Å². The van der Waals surface area contributed by atoms with E-state index in [9.17, 15) is 0 Å². The van der Waals surface area contributed by atoms with Gasteiger partial charge in [-0.1, -0.05) is 41.7 Å². The molecule has 0 radical (unpaired) electrons. The van der Waals surface area contributed by atoms with Crippen molar-refractivity contribution in [2.75, 3.05) is 0 Å². The molecule has 0 fully saturated rings. The van der Waals surface area contributed by atoms with E-state index in [1.54, 1.807) is 12.4 Å². The third-order valence-electron chi connectivity index (χ3n) is 4.08. The lowest BCUT2D eigenvalue weighted by Gasteiger charge is -2.05. The number of aryl methyl sites for hydroxylation is 1. The number of benzene rings is 1. The summed E-state index contributed by atoms with van der Waals surface area (Å²) in [5.74, 6) is 6.48. The average molecular weight is 347 g/mol. The number of nitrogens with zero attached hydrogens (tertiary/aromatic N) is 3. The standard InChI is InChI=1S/C24H17N3/c1-18-8-10-19(11-9-18)12-13-20-16-23(21-6-2-4-14-25-21)27-24(17-20)22-7-3-5-15-26-22/h2-11,14-17H,1H3. The van der Waals surface area contributed by atoms with Gasteiger partial charge in [0.25, 0.3) is 0 Å². The maximum Gasteiger partial charge on any atom is 0.0906 e. The van der Waals surface area contributed by atoms with Gasteiger partial charge in [-0.05, 0) is 55.5 Å². The Balaban J connectivity index is 1.80. The monoisotopic (exact) mass is 347 g/mol. The van der Waals surface area contributed by atoms with Crippen LogP contribution in [0.3, 0.4) is 0 Å². The van der Waals surface area contributed by atoms with Crippen molar-refractivity contribution in [1.82, 2.24) is 15.0 Å². The predicted octanol–water partition coefficient (Wildman–Crippen LogP) is 4.91. The SMILES string of the molecule is Cc1ccc(C#Cc2cc(-c3ccccn3)nc(-c3ccccn3)c2)cc1. The molecule has 27 heavy (non-hydrogen) atoms. The fourth-order valence-electron chi connectivity index (χ4n) is 2.67. The summed E-state index contributed by atoms with van der Waals surface area (Å²) < 4.78 is 0. The van der Waals surface area contributed by atoms with Crippen molar-refractivity contribution in [3.8, 4) is 34.6 Å². The van der Waals surface area contributed by atoms with E-state index in [-0.39, 0.29) is 0 Å². The van der Waals surface area contributed by atoms with E-state index < -0.39 is 0 Å². The Morgan fingerprint density at radius 1 is 0.593 bits per heavy atom. The number of rotatable bonds is 2. The van der Waals surface area contributed by atoms with Gasteiger partial charge >= 0.3 is 0 Å². The van der Waals surface area contributed by atoms with Gasteiger partial charge in [0.2, 0.25) is 0 Å². The summed E-state index contributed by atoms with van der Waals surface area (Å²) in [6.07, 6.45) is 3.53. The quantitative estimate of drug-likeness (QED) is 0.483. The Kier molecular flexibility index (Phi) is 4.72. The summed E-state index contributed by atoms with van der Waals surface area (Å²) >= 11 is 0. The molecule has 0 atom stereocenters. The van der Waals surface area contributed by atoms with Gasteiger partial charge < -0.3 is 0 Å². The molecular formula is C24H17N3. The van der Waals surface area contributed by atoms with Crippen molar-refractivity contribution >= 4 is 0 Å². The van der Waals surface area contributed by atoms with Gasteiger partial charge in [-0.25, -0.2) is 4.98 Å². The zero-order chi connectivity index (χ0) is 18.5. The minimum atomic E-state index is 0.784. The molecule has 0 aliphatic heterocycles. The minimum Gasteiger partial charge on any atom is -0.255 e. The highest BCUT2D eigenvalue weighted by Gasteiger charge is 2.07. The van der Waals surface area contributed by atoms with Crippen molar-refractivity contribution in [3.05, 3.63) is 102 Å². The highest BCUT2D eigenvalue weighted by atomic mass is 14.8. The Hall–Kier alpha value is -3.77. The van der Waals surface area contributed by atoms with Crippen LogP contribution >= 0.6 is 0 Å². The number of pyridine rings is 3. The topological polar surface area (TPSA) is 38.7 Å². The van der Waals surface area contributed by atoms with Crippen molar-refractivity contribution in [2.45, 2.75) is 6.92 Å². The first-order valence-corrected chi connectivity index (χ1v) is 8.71. The Bertz CT molecular complexity index is 1050. The van der Waals surface area contributed by atoms with Crippen LogP contribution in [0.1, 0.15) is 16.7 Å². The third-order valence-corrected chi connectivity index (χ3v) is 4.08. The van der Waals surface area contributed by atoms with Crippen LogP contribution in [0, 0.1) is 18.8 Å². The van der Waals surface area contributed by atoms with Crippen molar-refractivity contribution in [3.63, 3.8) is 0 Å². The van der Waals surface area contributed by atoms with Crippen LogP contribution < -0.4 is 0 Å². The van der Waals surface area contributed by atoms with Crippen molar-refractivity contribution < 1.29 is 0 Å². The number of aromatic nitrogens is 3. The fourth-order valence-corrected chi connectivity index (χ4v) is 2.67. The molecule has 0 amide bonds. The van der Waals surface area contributed by atoms with Gasteiger partial charge in [-0.15, -0.1) is 0 Å². The summed E-state index contributed by atoms with van der Waals surface area (Å²) in [6, 6.07) is 23.7. The van der Waals surface area contributed by atoms with E-state index in [2.05, 4.69) is 40.9 Å². The van der Waals surface area contributed by atoms with Gasteiger partial charge in [0, 0.05) is 23.5 Å². The normalized spacial score (nSPS) is 10.1. The Labute approximate surface area is 158 Å². The minimum absolute atomic E-state index is 0.784. The summed E-state index contributed by atoms with van der Waals surface area (Å²) in [4.78, 5) is 13.6. The highest BCUT2D eigenvalue weighted by molar-refractivity contribution is 5.65. The van der Waals surface area contributed by atoms with Crippen LogP contribution in [-0.4, -0.2) is 15.0 Å². The molecule has 0 N–H and O–H groups in total. The summed E-state index contributed by atoms with van der Waals surface area (Å²) in [7, 11) is 0. The molecule has 0 saturated heterocycles. The fraction of sp³-hybridized carbons (Fsp3) is 0.0417. The van der Waals surface area contributed by atoms with Gasteiger partial charge in [-0.3, -0.25) is 9.97 Å². The maximum atomic E-state index is 4.75. The van der Waals surface area contributed by atoms with Crippen LogP contribution in [-0.2, 0) is 0 Å². The van der Waals surface area contributed by atoms with E-state index in [1.807, 2.05) is 60.7 Å². The molecule has 4 rings (SSSR count). The second-order valence-electron chi connectivity index (χ2n) is 6.17. The molecule has 0 unspecified atom stereocenters. The van der Waals surface area contributed by atoms with Crippen molar-refractivity contribution in [1.29, 1.82) is 0 Å². The molecule has 0 saturated carbocycles. The predicted molar refractivity (Wildman–Crippen MR) is 108 cm³/mol. The summed E-state index contributed by atoms with van der Waals surface area (Å²) in [5.41, 5.74) is 6.28. The lowest BCUT2D eigenvalue weighted by atomic mass is 10.1. The summed E-state index contributed by atoms with van der Waals surface area (Å²) in [6.45, 7) is 2.07. The Morgan fingerprint density at radius 3 is 1.67 bits per heavy atom. The molecule has 1 aromatic carbocycles. The average Bonchev–Trinajstić information content (AvgIpc) is 2.74. The van der Waals surface area contributed by atoms with E-state index in [0.717, 1.165) is 33.9 Å². The van der Waals surface area contributed by atoms with Crippen LogP contribution in [0.15, 0.2) is 85.2 Å². The van der Waals surface area contributed by atoms with Crippen LogP contribution in [0.4, 0.5) is 0 Å². The van der Waals surface area contributed by atoms with Gasteiger partial charge in [0.15, 0.2) is 0 Å². The zero-order valence-corrected chi connectivity index (χ0v) is 14.9. The van der Waals surface area contributed by atoms with Gasteiger partial charge in [-0.2, -0.15) is 0 Å². The molecule has 128 valence electrons. The second kappa shape index (κ2) is 7.63. The van der Waals surface area contributed by atoms with Crippen LogP contribution in [0.5, 0.6) is 0 Å². The number of hydrogen-bond donors (Lipinski definition) is 0. The lowest BCUT2D eigenvalue weighted by Crippen LogP contribution is -1.93. The summed E-state index contributed by atoms with van der Waals surface area (Å²) in [5, 5.41) is 0. The largest absolute Gasteiger partial charge is 0.255 e. The molecule has 0 bridgehead atoms. The molecule has 3 heterocycles. The van der Waals surface area contributed by atoms with E-state index in [4.69, 9.17) is 4.98 Å². The van der Waals surface area contributed by atoms with Gasteiger partial charge in [0.1, 0.15) is 0 Å². The molecule has 0 spiro atoms. The highest BCUT2D eigenvalue weighted by Crippen LogP contribution is 2.22. The molecule has 4 aromatic rings. The molecule has 0 aliphatic carbocycles. The third kappa shape index (κ3) is 4.08. The first-order valence-electron chi connectivity index (χ1n) is 8.71. The molecule has 0 aliphatic rings. The van der Waals surface area contributed by atoms with Crippen LogP contribution in [0.2, 0.25) is 0 Å². The number of hydrogen-bond acceptors (Lipinski definition) is 3. The smallest absolute Gasteiger partial charge is 0.0906 e. The zero-order valence-electron chi connectivity index (χ0n) is 14.9. The second-order valence-corrected chi connectivity index (χ2v) is 6.17. The lowest BCUT2D eigenvalue weighted by molar-refractivity contribution is 1.21. The van der Waals surface area contributed by atoms with Gasteiger partial charge in [0.05, 0.1) is 22.8 Å². The molecule has 3 heteroatoms.